The molecule has 4 aromatic rings. The van der Waals surface area contributed by atoms with Crippen LogP contribution in [0.5, 0.6) is 5.75 Å². The smallest absolute Gasteiger partial charge is 0.335 e. The second-order valence-corrected chi connectivity index (χ2v) is 8.16. The van der Waals surface area contributed by atoms with Crippen LogP contribution in [0.25, 0.3) is 16.8 Å². The van der Waals surface area contributed by atoms with Gasteiger partial charge in [-0.3, -0.25) is 24.6 Å². The van der Waals surface area contributed by atoms with E-state index < -0.39 is 34.4 Å². The van der Waals surface area contributed by atoms with Gasteiger partial charge in [-0.2, -0.15) is 0 Å². The number of aliphatic hydroxyl groups is 1. The van der Waals surface area contributed by atoms with Gasteiger partial charge in [0.05, 0.1) is 33.1 Å². The lowest BCUT2D eigenvalue weighted by molar-refractivity contribution is -0.384. The van der Waals surface area contributed by atoms with Gasteiger partial charge in [0.15, 0.2) is 0 Å². The molecular weight excluding hydrogens is 484 g/mol. The molecule has 1 aliphatic rings. The van der Waals surface area contributed by atoms with Crippen LogP contribution in [0.4, 0.5) is 11.6 Å². The molecule has 1 aliphatic heterocycles. The van der Waals surface area contributed by atoms with E-state index in [0.717, 1.165) is 17.0 Å². The number of carboxylic acids is 1. The molecule has 184 valence electrons. The van der Waals surface area contributed by atoms with Gasteiger partial charge in [-0.25, -0.2) is 9.78 Å². The monoisotopic (exact) mass is 500 g/mol. The summed E-state index contributed by atoms with van der Waals surface area (Å²) >= 11 is 0. The van der Waals surface area contributed by atoms with Crippen molar-refractivity contribution in [2.24, 2.45) is 0 Å². The Labute approximate surface area is 206 Å². The minimum atomic E-state index is -1.18. The SMILES string of the molecule is O=C1C(=O)N(c2nc3ccc(C(=O)O)cc3[nH]2)C(c2ccc(O)cc2)/C1=C(\O)c1ccc([N+](=O)[O-])cc1. The average molecular weight is 500 g/mol. The number of rotatable bonds is 5. The number of carbonyl (C=O) groups excluding carboxylic acids is 2. The van der Waals surface area contributed by atoms with Crippen LogP contribution in [0.3, 0.4) is 0 Å². The van der Waals surface area contributed by atoms with E-state index in [4.69, 9.17) is 0 Å². The molecule has 12 heteroatoms. The second kappa shape index (κ2) is 8.61. The standard InChI is InChI=1S/C25H16N4O8/c30-16-8-3-12(4-9-16)20-19(21(31)13-1-6-15(7-2-13)29(36)37)22(32)23(33)28(20)25-26-17-10-5-14(24(34)35)11-18(17)27-25/h1-11,20,30-31H,(H,26,27)(H,34,35)/b21-19+. The molecule has 1 aromatic heterocycles. The van der Waals surface area contributed by atoms with Crippen molar-refractivity contribution < 1.29 is 34.6 Å². The Kier molecular flexibility index (Phi) is 5.40. The van der Waals surface area contributed by atoms with Crippen LogP contribution in [0, 0.1) is 10.1 Å². The van der Waals surface area contributed by atoms with Crippen LogP contribution in [-0.2, 0) is 9.59 Å². The molecule has 1 atom stereocenters. The third-order valence-electron chi connectivity index (χ3n) is 5.95. The lowest BCUT2D eigenvalue weighted by atomic mass is 9.95. The fraction of sp³-hybridized carbons (Fsp3) is 0.0400. The zero-order chi connectivity index (χ0) is 26.4. The molecule has 5 rings (SSSR count). The van der Waals surface area contributed by atoms with Gasteiger partial charge < -0.3 is 20.3 Å². The highest BCUT2D eigenvalue weighted by Gasteiger charge is 2.48. The largest absolute Gasteiger partial charge is 0.508 e. The maximum atomic E-state index is 13.2. The van der Waals surface area contributed by atoms with E-state index in [0.29, 0.717) is 16.6 Å². The average Bonchev–Trinajstić information content (AvgIpc) is 3.41. The van der Waals surface area contributed by atoms with E-state index in [2.05, 4.69) is 9.97 Å². The number of H-pyrrole nitrogens is 1. The molecule has 1 saturated heterocycles. The van der Waals surface area contributed by atoms with Gasteiger partial charge in [0, 0.05) is 17.7 Å². The van der Waals surface area contributed by atoms with Crippen LogP contribution in [-0.4, -0.2) is 47.9 Å². The molecule has 37 heavy (non-hydrogen) atoms. The highest BCUT2D eigenvalue weighted by atomic mass is 16.6. The number of aromatic amines is 1. The van der Waals surface area contributed by atoms with Crippen molar-refractivity contribution in [2.45, 2.75) is 6.04 Å². The Bertz CT molecular complexity index is 1640. The van der Waals surface area contributed by atoms with E-state index in [9.17, 15) is 39.8 Å². The summed E-state index contributed by atoms with van der Waals surface area (Å²) in [5.74, 6) is -3.90. The van der Waals surface area contributed by atoms with Crippen molar-refractivity contribution in [1.82, 2.24) is 9.97 Å². The number of hydrogen-bond donors (Lipinski definition) is 4. The van der Waals surface area contributed by atoms with Gasteiger partial charge in [0.1, 0.15) is 11.5 Å². The number of hydrogen-bond acceptors (Lipinski definition) is 8. The van der Waals surface area contributed by atoms with Gasteiger partial charge in [-0.05, 0) is 48.0 Å². The van der Waals surface area contributed by atoms with E-state index in [1.54, 1.807) is 0 Å². The molecule has 4 N–H and O–H groups in total. The quantitative estimate of drug-likeness (QED) is 0.105. The van der Waals surface area contributed by atoms with Crippen LogP contribution in [0.15, 0.2) is 72.3 Å². The summed E-state index contributed by atoms with van der Waals surface area (Å²) in [6.45, 7) is 0. The Morgan fingerprint density at radius 2 is 1.62 bits per heavy atom. The number of anilines is 1. The fourth-order valence-corrected chi connectivity index (χ4v) is 4.16. The summed E-state index contributed by atoms with van der Waals surface area (Å²) in [5.41, 5.74) is 0.526. The number of imidazole rings is 1. The third kappa shape index (κ3) is 3.91. The molecule has 3 aromatic carbocycles. The zero-order valence-corrected chi connectivity index (χ0v) is 18.7. The number of ketones is 1. The summed E-state index contributed by atoms with van der Waals surface area (Å²) in [6.07, 6.45) is 0. The summed E-state index contributed by atoms with van der Waals surface area (Å²) in [5, 5.41) is 41.1. The molecule has 0 radical (unpaired) electrons. The number of benzene rings is 3. The number of fused-ring (bicyclic) bond motifs is 1. The Morgan fingerprint density at radius 1 is 0.973 bits per heavy atom. The van der Waals surface area contributed by atoms with Crippen LogP contribution < -0.4 is 4.90 Å². The number of nitrogens with zero attached hydrogens (tertiary/aromatic N) is 3. The molecule has 0 spiro atoms. The van der Waals surface area contributed by atoms with E-state index >= 15 is 0 Å². The van der Waals surface area contributed by atoms with Gasteiger partial charge in [-0.1, -0.05) is 12.1 Å². The Balaban J connectivity index is 1.69. The molecule has 12 nitrogen and oxygen atoms in total. The number of carbonyl (C=O) groups is 3. The number of phenolic OH excluding ortho intramolecular Hbond substituents is 1. The zero-order valence-electron chi connectivity index (χ0n) is 18.7. The number of non-ortho nitro benzene ring substituents is 1. The lowest BCUT2D eigenvalue weighted by Gasteiger charge is -2.23. The molecule has 1 fully saturated rings. The van der Waals surface area contributed by atoms with E-state index in [-0.39, 0.29) is 34.1 Å². The second-order valence-electron chi connectivity index (χ2n) is 8.16. The van der Waals surface area contributed by atoms with Gasteiger partial charge in [0.25, 0.3) is 11.5 Å². The van der Waals surface area contributed by atoms with Gasteiger partial charge in [0.2, 0.25) is 5.95 Å². The van der Waals surface area contributed by atoms with Crippen LogP contribution in [0.2, 0.25) is 0 Å². The molecular formula is C25H16N4O8. The minimum Gasteiger partial charge on any atom is -0.508 e. The number of nitro groups is 1. The predicted octanol–water partition coefficient (Wildman–Crippen LogP) is 3.50. The molecule has 0 aliphatic carbocycles. The third-order valence-corrected chi connectivity index (χ3v) is 5.95. The maximum absolute atomic E-state index is 13.2. The first-order chi connectivity index (χ1) is 17.7. The predicted molar refractivity (Wildman–Crippen MR) is 129 cm³/mol. The van der Waals surface area contributed by atoms with Crippen molar-refractivity contribution in [2.75, 3.05) is 4.90 Å². The van der Waals surface area contributed by atoms with Gasteiger partial charge >= 0.3 is 11.9 Å². The Hall–Kier alpha value is -5.52. The number of aromatic carboxylic acids is 1. The van der Waals surface area contributed by atoms with Crippen molar-refractivity contribution in [3.05, 3.63) is 99.1 Å². The highest BCUT2D eigenvalue weighted by Crippen LogP contribution is 2.42. The minimum absolute atomic E-state index is 0.0157. The summed E-state index contributed by atoms with van der Waals surface area (Å²) in [6, 6.07) is 13.4. The first-order valence-electron chi connectivity index (χ1n) is 10.7. The van der Waals surface area contributed by atoms with Crippen LogP contribution >= 0.6 is 0 Å². The maximum Gasteiger partial charge on any atom is 0.335 e. The first-order valence-corrected chi connectivity index (χ1v) is 10.7. The first kappa shape index (κ1) is 23.2. The van der Waals surface area contributed by atoms with Crippen LogP contribution in [0.1, 0.15) is 27.5 Å². The topological polar surface area (TPSA) is 187 Å². The molecule has 0 bridgehead atoms. The number of amides is 1. The normalized spacial score (nSPS) is 16.9. The molecule has 2 heterocycles. The summed E-state index contributed by atoms with van der Waals surface area (Å²) in [7, 11) is 0. The number of Topliss-reactive ketones (excluding diaryl/α,β-unsaturated/α-hetero) is 1. The highest BCUT2D eigenvalue weighted by molar-refractivity contribution is 6.51. The number of nitrogens with one attached hydrogen (secondary N) is 1. The lowest BCUT2D eigenvalue weighted by Crippen LogP contribution is -2.30. The summed E-state index contributed by atoms with van der Waals surface area (Å²) in [4.78, 5) is 56.4. The van der Waals surface area contributed by atoms with Crippen molar-refractivity contribution in [3.63, 3.8) is 0 Å². The number of nitro benzene ring substituents is 1. The fourth-order valence-electron chi connectivity index (χ4n) is 4.16. The summed E-state index contributed by atoms with van der Waals surface area (Å²) < 4.78 is 0. The number of aliphatic hydroxyl groups excluding tert-OH is 1. The van der Waals surface area contributed by atoms with Crippen molar-refractivity contribution >= 4 is 46.1 Å². The number of aromatic hydroxyl groups is 1. The van der Waals surface area contributed by atoms with Crippen molar-refractivity contribution in [3.8, 4) is 5.75 Å². The van der Waals surface area contributed by atoms with Crippen molar-refractivity contribution in [1.29, 1.82) is 0 Å². The Morgan fingerprint density at radius 3 is 2.24 bits per heavy atom. The number of carboxylic acid groups (broad SMARTS) is 1. The molecule has 1 amide bonds. The molecule has 0 saturated carbocycles. The number of phenols is 1. The van der Waals surface area contributed by atoms with E-state index in [1.165, 1.54) is 54.6 Å². The van der Waals surface area contributed by atoms with Gasteiger partial charge in [-0.15, -0.1) is 0 Å². The van der Waals surface area contributed by atoms with E-state index in [1.807, 2.05) is 0 Å². The molecule has 1 unspecified atom stereocenters. The number of aromatic nitrogens is 2.